The van der Waals surface area contributed by atoms with Gasteiger partial charge in [-0.3, -0.25) is 19.8 Å². The number of nitrogens with two attached hydrogens (primary N) is 2. The smallest absolute Gasteiger partial charge is 0.490 e. The molecule has 9 heterocycles. The fourth-order valence-corrected chi connectivity index (χ4v) is 14.7. The van der Waals surface area contributed by atoms with Crippen molar-refractivity contribution in [1.82, 2.24) is 40.1 Å². The van der Waals surface area contributed by atoms with E-state index >= 15 is 0 Å². The Morgan fingerprint density at radius 1 is 0.533 bits per heavy atom. The van der Waals surface area contributed by atoms with Crippen molar-refractivity contribution in [2.75, 3.05) is 48.3 Å². The number of nitrogens with one attached hydrogen (secondary N) is 3. The molecule has 2 fully saturated rings. The molecule has 2 saturated heterocycles. The topological polar surface area (TPSA) is 366 Å². The van der Waals surface area contributed by atoms with Crippen molar-refractivity contribution in [3.63, 3.8) is 0 Å². The monoisotopic (exact) mass is 1660 g/mol. The molecule has 25 nitrogen and oxygen atoms in total. The number of para-hydroxylation sites is 5. The first kappa shape index (κ1) is 85.9. The molecule has 2 atom stereocenters. The van der Waals surface area contributed by atoms with Gasteiger partial charge in [-0.1, -0.05) is 115 Å². The Balaban J connectivity index is 0.000000149. The maximum Gasteiger partial charge on any atom is 0.490 e. The van der Waals surface area contributed by atoms with Crippen LogP contribution >= 0.6 is 22.7 Å². The number of phenolic OH excluding ortho intramolecular Hbond substituents is 2. The number of hydrogen-bond acceptors (Lipinski definition) is 24. The summed E-state index contributed by atoms with van der Waals surface area (Å²) in [5, 5.41) is 44.1. The molecule has 120 heavy (non-hydrogen) atoms. The number of halogens is 3. The van der Waals surface area contributed by atoms with Crippen LogP contribution in [0.2, 0.25) is 0 Å². The number of piperidine rings is 2. The minimum Gasteiger partial charge on any atom is -0.508 e. The number of fused-ring (bicyclic) bond motifs is 3. The van der Waals surface area contributed by atoms with Gasteiger partial charge in [0.15, 0.2) is 0 Å². The zero-order valence-corrected chi connectivity index (χ0v) is 67.6. The first-order valence-electron chi connectivity index (χ1n) is 38.7. The number of aromatic hydroxyl groups is 2. The van der Waals surface area contributed by atoms with Gasteiger partial charge in [0.1, 0.15) is 38.4 Å². The Hall–Kier alpha value is -13.5. The van der Waals surface area contributed by atoms with Crippen molar-refractivity contribution in [3.05, 3.63) is 269 Å². The van der Waals surface area contributed by atoms with Crippen molar-refractivity contribution in [2.24, 2.45) is 15.0 Å². The van der Waals surface area contributed by atoms with E-state index in [2.05, 4.69) is 102 Å². The fraction of sp³-hybridized carbons (Fsp3) is 0.244. The Kier molecular flexibility index (Phi) is 29.4. The first-order chi connectivity index (χ1) is 57.8. The summed E-state index contributed by atoms with van der Waals surface area (Å²) >= 11 is 2.98. The lowest BCUT2D eigenvalue weighted by Crippen LogP contribution is -2.47. The van der Waals surface area contributed by atoms with Crippen LogP contribution in [0.15, 0.2) is 245 Å². The van der Waals surface area contributed by atoms with Gasteiger partial charge >= 0.3 is 24.2 Å². The summed E-state index contributed by atoms with van der Waals surface area (Å²) in [5.74, 6) is 0.437. The Labute approximate surface area is 699 Å². The van der Waals surface area contributed by atoms with Crippen LogP contribution < -0.4 is 36.9 Å². The summed E-state index contributed by atoms with van der Waals surface area (Å²) in [6.07, 6.45) is 7.22. The van der Waals surface area contributed by atoms with Gasteiger partial charge in [-0.25, -0.2) is 39.5 Å². The van der Waals surface area contributed by atoms with E-state index < -0.39 is 23.7 Å². The molecule has 5 aliphatic rings. The maximum absolute atomic E-state index is 12.6. The molecule has 0 spiro atoms. The Morgan fingerprint density at radius 2 is 0.958 bits per heavy atom. The molecule has 1 amide bonds. The van der Waals surface area contributed by atoms with Crippen LogP contribution in [0.4, 0.5) is 58.3 Å². The summed E-state index contributed by atoms with van der Waals surface area (Å²) < 4.78 is 49.8. The van der Waals surface area contributed by atoms with Gasteiger partial charge in [0.05, 0.1) is 57.3 Å². The number of thiazole rings is 2. The third-order valence-corrected chi connectivity index (χ3v) is 20.4. The number of amides is 1. The predicted octanol–water partition coefficient (Wildman–Crippen LogP) is 18.3. The third-order valence-electron chi connectivity index (χ3n) is 18.7. The van der Waals surface area contributed by atoms with E-state index in [-0.39, 0.29) is 24.3 Å². The zero-order valence-electron chi connectivity index (χ0n) is 66.0. The van der Waals surface area contributed by atoms with E-state index in [1.807, 2.05) is 118 Å². The van der Waals surface area contributed by atoms with Crippen LogP contribution in [0.1, 0.15) is 85.4 Å². The molecule has 0 bridgehead atoms. The van der Waals surface area contributed by atoms with Gasteiger partial charge in [-0.2, -0.15) is 13.2 Å². The van der Waals surface area contributed by atoms with Crippen molar-refractivity contribution in [3.8, 4) is 55.9 Å². The molecule has 12 aromatic rings. The van der Waals surface area contributed by atoms with Gasteiger partial charge < -0.3 is 67.0 Å². The molecule has 0 unspecified atom stereocenters. The van der Waals surface area contributed by atoms with Crippen LogP contribution in [0.3, 0.4) is 0 Å². The zero-order chi connectivity index (χ0) is 84.6. The molecule has 618 valence electrons. The maximum atomic E-state index is 12.6. The molecule has 0 aliphatic carbocycles. The molecule has 8 aromatic carbocycles. The average molecular weight is 1660 g/mol. The Bertz CT molecular complexity index is 5590. The summed E-state index contributed by atoms with van der Waals surface area (Å²) in [4.78, 5) is 76.7. The highest BCUT2D eigenvalue weighted by Gasteiger charge is 2.38. The SMILES string of the molecule is CC(C)(C)OC(=O)N1CCC[C@H](Nc2nccc(-c3scnc3Oc3cccc(CC4=Nc5ccccc5C4)c3)n2)C1.Nc1ccccc1N.O=C(O)C(F)(F)F.O=C(O)Cc1cccc(O)c1.Oc1cccc(CC2=Nc3ccccc3C2)c1.c1cc(CC2=Nc3ccccc3C2)cc(Oc2ncsc2-c2ccnc(N[C@H]3CCCNC3)n2)c1. The first-order valence-corrected chi connectivity index (χ1v) is 40.5. The number of carbonyl (C=O) groups is 3. The average Bonchev–Trinajstić information content (AvgIpc) is 1.63. The number of rotatable bonds is 18. The van der Waals surface area contributed by atoms with Gasteiger partial charge in [-0.15, -0.1) is 22.7 Å². The van der Waals surface area contributed by atoms with Gasteiger partial charge in [0.25, 0.3) is 0 Å². The van der Waals surface area contributed by atoms with Crippen molar-refractivity contribution in [1.29, 1.82) is 0 Å². The largest absolute Gasteiger partial charge is 0.508 e. The number of nitrogen functional groups attached to an aromatic ring is 2. The summed E-state index contributed by atoms with van der Waals surface area (Å²) in [7, 11) is 0. The molecule has 11 N–H and O–H groups in total. The molecular weight excluding hydrogens is 1570 g/mol. The number of anilines is 4. The summed E-state index contributed by atoms with van der Waals surface area (Å²) in [6, 6.07) is 66.0. The second-order valence-corrected chi connectivity index (χ2v) is 31.1. The standard InChI is InChI=1S/C32H34N6O3S.C27H26N6OS.C15H13NO.C8H8O3.C6H8N2.C2HF3O2/c1-32(2,3)41-31(39)38-15-7-10-23(19-38)36-30-33-14-13-27(37-30)28-29(34-20-42-28)40-25-11-6-8-21(17-25)16-24-18-22-9-4-5-12-26(22)35-24;1-2-9-23-19(6-1)15-21(31-23)13-18-5-3-8-22(14-18)34-26-25(35-17-30-26)24-10-12-29-27(33-24)32-20-7-4-11-28-16-20;17-14-6-3-4-11(9-14)8-13-10-12-5-1-2-7-15(12)16-13;9-7-3-1-2-6(4-7)5-8(10)11;7-5-3-1-2-4-6(5)8;3-2(4,5)1(6)7/h4-6,8-9,11-14,17,20,23H,7,10,15-16,18-19H2,1-3H3,(H,33,36,37);1-3,5-6,8-10,12,14,17,20,28H,4,7,11,13,15-16H2,(H,29,32,33);1-7,9,17H,8,10H2;1-4,9H,5H2,(H,10,11);1-4H,7-8H2;(H,6,7)/t23-;20-;;;;/m00..../s1. The van der Waals surface area contributed by atoms with Crippen molar-refractivity contribution in [2.45, 2.75) is 115 Å². The summed E-state index contributed by atoms with van der Waals surface area (Å²) in [6.45, 7) is 8.85. The number of aliphatic carboxylic acids is 2. The molecule has 0 saturated carbocycles. The van der Waals surface area contributed by atoms with Crippen molar-refractivity contribution < 1.29 is 62.2 Å². The molecule has 0 radical (unpaired) electrons. The van der Waals surface area contributed by atoms with E-state index in [4.69, 9.17) is 65.7 Å². The van der Waals surface area contributed by atoms with Crippen LogP contribution in [0, 0.1) is 0 Å². The number of ether oxygens (including phenoxy) is 3. The van der Waals surface area contributed by atoms with E-state index in [9.17, 15) is 27.9 Å². The number of carboxylic acids is 2. The lowest BCUT2D eigenvalue weighted by atomic mass is 10.0. The number of hydrogen-bond donors (Lipinski definition) is 9. The highest BCUT2D eigenvalue weighted by atomic mass is 32.1. The minimum absolute atomic E-state index is 0.0266. The van der Waals surface area contributed by atoms with Gasteiger partial charge in [0, 0.05) is 99.8 Å². The van der Waals surface area contributed by atoms with E-state index in [0.29, 0.717) is 71.2 Å². The van der Waals surface area contributed by atoms with Crippen LogP contribution in [-0.4, -0.2) is 140 Å². The number of alkyl halides is 3. The van der Waals surface area contributed by atoms with Crippen LogP contribution in [-0.2, 0) is 59.3 Å². The predicted molar refractivity (Wildman–Crippen MR) is 463 cm³/mol. The Morgan fingerprint density at radius 3 is 1.38 bits per heavy atom. The number of carboxylic acid groups (broad SMARTS) is 2. The normalized spacial score (nSPS) is 14.8. The van der Waals surface area contributed by atoms with E-state index in [0.717, 1.165) is 144 Å². The van der Waals surface area contributed by atoms with Crippen LogP contribution in [0.25, 0.3) is 21.1 Å². The fourth-order valence-electron chi connectivity index (χ4n) is 13.3. The van der Waals surface area contributed by atoms with Gasteiger partial charge in [0.2, 0.25) is 23.7 Å². The number of likely N-dealkylation sites (tertiary alicyclic amines) is 1. The number of benzene rings is 8. The summed E-state index contributed by atoms with van der Waals surface area (Å²) in [5.41, 5.74) is 31.2. The lowest BCUT2D eigenvalue weighted by Gasteiger charge is -2.34. The van der Waals surface area contributed by atoms with E-state index in [1.54, 1.807) is 64.7 Å². The third kappa shape index (κ3) is 26.0. The molecule has 30 heteroatoms. The second-order valence-electron chi connectivity index (χ2n) is 29.4. The highest BCUT2D eigenvalue weighted by Crippen LogP contribution is 2.39. The quantitative estimate of drug-likeness (QED) is 0.0360. The van der Waals surface area contributed by atoms with Crippen molar-refractivity contribution >= 4 is 98.2 Å². The molecule has 4 aromatic heterocycles. The molecule has 17 rings (SSSR count). The number of phenols is 2. The number of carbonyl (C=O) groups excluding carboxylic acids is 1. The lowest BCUT2D eigenvalue weighted by molar-refractivity contribution is -0.192. The number of aromatic nitrogens is 6. The number of nitrogens with zero attached hydrogens (tertiary/aromatic N) is 10. The number of aliphatic imine (C=N–C) groups is 3. The second kappa shape index (κ2) is 41.1. The van der Waals surface area contributed by atoms with Crippen LogP contribution in [0.5, 0.6) is 34.8 Å². The molecule has 5 aliphatic heterocycles. The van der Waals surface area contributed by atoms with E-state index in [1.165, 1.54) is 62.8 Å². The molecular formula is C90H90F3N15O10S2. The minimum atomic E-state index is -5.08. The van der Waals surface area contributed by atoms with Gasteiger partial charge in [-0.05, 0) is 183 Å². The highest BCUT2D eigenvalue weighted by molar-refractivity contribution is 7.13.